The van der Waals surface area contributed by atoms with E-state index in [1.54, 1.807) is 31.3 Å². The first-order valence-electron chi connectivity index (χ1n) is 19.4. The Labute approximate surface area is 321 Å². The fourth-order valence-electron chi connectivity index (χ4n) is 7.96. The molecule has 0 aromatic heterocycles. The van der Waals surface area contributed by atoms with Crippen molar-refractivity contribution < 1.29 is 33.9 Å². The first-order valence-corrected chi connectivity index (χ1v) is 19.4. The highest BCUT2D eigenvalue weighted by Gasteiger charge is 2.42. The third kappa shape index (κ3) is 11.1. The van der Waals surface area contributed by atoms with E-state index in [-0.39, 0.29) is 47.6 Å². The molecule has 4 fully saturated rings. The maximum Gasteiger partial charge on any atom is 0.226 e. The van der Waals surface area contributed by atoms with Crippen LogP contribution < -0.4 is 58.9 Å². The highest BCUT2D eigenvalue weighted by Crippen LogP contribution is 2.19. The molecule has 0 spiro atoms. The molecule has 1 aromatic carbocycles. The van der Waals surface area contributed by atoms with E-state index in [1.165, 1.54) is 0 Å². The Morgan fingerprint density at radius 3 is 1.65 bits per heavy atom. The summed E-state index contributed by atoms with van der Waals surface area (Å²) >= 11 is 0. The van der Waals surface area contributed by atoms with E-state index in [9.17, 15) is 33.9 Å². The van der Waals surface area contributed by atoms with Crippen molar-refractivity contribution in [3.05, 3.63) is 29.8 Å². The van der Waals surface area contributed by atoms with Crippen LogP contribution >= 0.6 is 0 Å². The molecule has 304 valence electrons. The van der Waals surface area contributed by atoms with Gasteiger partial charge in [-0.2, -0.15) is 0 Å². The molecule has 18 heteroatoms. The van der Waals surface area contributed by atoms with Gasteiger partial charge in [0.05, 0.1) is 53.8 Å². The minimum Gasteiger partial charge on any atom is -0.508 e. The van der Waals surface area contributed by atoms with Crippen molar-refractivity contribution in [2.45, 2.75) is 56.9 Å². The monoisotopic (exact) mass is 769 g/mol. The smallest absolute Gasteiger partial charge is 0.226 e. The predicted octanol–water partition coefficient (Wildman–Crippen LogP) is -4.40. The third-order valence-electron chi connectivity index (χ3n) is 11.3. The van der Waals surface area contributed by atoms with Crippen LogP contribution in [0.15, 0.2) is 24.3 Å². The molecule has 4 aliphatic heterocycles. The number of primary amides is 1. The van der Waals surface area contributed by atoms with Crippen LogP contribution in [0.25, 0.3) is 0 Å². The Morgan fingerprint density at radius 2 is 1.16 bits per heavy atom. The Balaban J connectivity index is 1.12. The van der Waals surface area contributed by atoms with E-state index in [2.05, 4.69) is 53.2 Å². The molecular formula is C37H59N11O7. The number of amides is 6. The van der Waals surface area contributed by atoms with Gasteiger partial charge in [-0.05, 0) is 37.1 Å². The average Bonchev–Trinajstić information content (AvgIpc) is 3.97. The quantitative estimate of drug-likeness (QED) is 0.0717. The molecule has 4 heterocycles. The SMILES string of the molecule is CNC[C@H](Cc1ccc(O)cc1)C(=O)N[C@H]1CNC[C@@H]1C(=O)N[C@H]1CNC[C@@H]1C(=O)N[C@H]1CNC[C@@H]1C(=O)N[C@H](CC(=O)N[C@H]1CNC[C@@H]1C(N)=O)C(C)C. The van der Waals surface area contributed by atoms with Crippen LogP contribution in [-0.2, 0) is 35.2 Å². The van der Waals surface area contributed by atoms with Crippen LogP contribution in [0.1, 0.15) is 25.8 Å². The van der Waals surface area contributed by atoms with E-state index in [4.69, 9.17) is 5.73 Å². The molecule has 4 saturated heterocycles. The van der Waals surface area contributed by atoms with Gasteiger partial charge in [0.15, 0.2) is 0 Å². The molecular weight excluding hydrogens is 710 g/mol. The Kier molecular flexibility index (Phi) is 14.8. The number of phenols is 1. The predicted molar refractivity (Wildman–Crippen MR) is 203 cm³/mol. The van der Waals surface area contributed by atoms with Crippen molar-refractivity contribution in [2.24, 2.45) is 41.2 Å². The summed E-state index contributed by atoms with van der Waals surface area (Å²) in [5.41, 5.74) is 6.39. The molecule has 10 atom stereocenters. The van der Waals surface area contributed by atoms with Gasteiger partial charge in [-0.15, -0.1) is 0 Å². The maximum absolute atomic E-state index is 13.7. The van der Waals surface area contributed by atoms with Crippen molar-refractivity contribution in [2.75, 3.05) is 66.0 Å². The second-order valence-electron chi connectivity index (χ2n) is 15.7. The lowest BCUT2D eigenvalue weighted by Gasteiger charge is -2.28. The van der Waals surface area contributed by atoms with Gasteiger partial charge in [-0.1, -0.05) is 26.0 Å². The molecule has 0 unspecified atom stereocenters. The molecule has 55 heavy (non-hydrogen) atoms. The zero-order valence-electron chi connectivity index (χ0n) is 31.9. The van der Waals surface area contributed by atoms with Crippen LogP contribution in [0.5, 0.6) is 5.75 Å². The number of nitrogens with one attached hydrogen (secondary N) is 10. The number of carbonyl (C=O) groups is 6. The van der Waals surface area contributed by atoms with Crippen LogP contribution in [0.2, 0.25) is 0 Å². The Morgan fingerprint density at radius 1 is 0.691 bits per heavy atom. The standard InChI is InChI=1S/C37H59N11O7/c1-19(2)27(9-32(50)44-28-15-40-11-23(28)33(38)51)45-35(53)25-13-42-17-30(25)47-37(55)26-14-43-18-31(26)48-36(54)24-12-41-16-29(24)46-34(52)21(10-39-3)8-20-4-6-22(49)7-5-20/h4-7,19,21,23-31,39-43,49H,8-18H2,1-3H3,(H2,38,51)(H,44,50)(H,45,53)(H,46,52)(H,47,55)(H,48,54)/t21-,23-,24-,25-,26-,27+,28-,29-,30-,31-/m0/s1. The van der Waals surface area contributed by atoms with Crippen LogP contribution in [-0.4, -0.2) is 137 Å². The van der Waals surface area contributed by atoms with Gasteiger partial charge in [0, 0.05) is 71.4 Å². The molecule has 0 aliphatic carbocycles. The number of nitrogens with two attached hydrogens (primary N) is 1. The Bertz CT molecular complexity index is 1530. The summed E-state index contributed by atoms with van der Waals surface area (Å²) in [5, 5.41) is 40.4. The van der Waals surface area contributed by atoms with Gasteiger partial charge in [0.1, 0.15) is 5.75 Å². The highest BCUT2D eigenvalue weighted by atomic mass is 16.3. The summed E-state index contributed by atoms with van der Waals surface area (Å²) in [7, 11) is 1.77. The van der Waals surface area contributed by atoms with Crippen molar-refractivity contribution in [3.8, 4) is 5.75 Å². The van der Waals surface area contributed by atoms with E-state index in [1.807, 2.05) is 13.8 Å². The van der Waals surface area contributed by atoms with Gasteiger partial charge in [-0.25, -0.2) is 0 Å². The maximum atomic E-state index is 13.7. The lowest BCUT2D eigenvalue weighted by Crippen LogP contribution is -2.55. The molecule has 4 aliphatic rings. The minimum absolute atomic E-state index is 0.0229. The van der Waals surface area contributed by atoms with E-state index < -0.39 is 65.7 Å². The minimum atomic E-state index is -0.581. The van der Waals surface area contributed by atoms with E-state index >= 15 is 0 Å². The van der Waals surface area contributed by atoms with Gasteiger partial charge in [-0.3, -0.25) is 28.8 Å². The molecule has 0 saturated carbocycles. The normalized spacial score (nSPS) is 28.7. The zero-order chi connectivity index (χ0) is 39.6. The molecule has 1 aromatic rings. The number of hydrogen-bond donors (Lipinski definition) is 12. The van der Waals surface area contributed by atoms with E-state index in [0.29, 0.717) is 65.3 Å². The van der Waals surface area contributed by atoms with Crippen molar-refractivity contribution in [1.29, 1.82) is 0 Å². The summed E-state index contributed by atoms with van der Waals surface area (Å²) in [5.74, 6) is -4.29. The fraction of sp³-hybridized carbons (Fsp3) is 0.676. The summed E-state index contributed by atoms with van der Waals surface area (Å²) in [6.45, 7) is 7.35. The number of carbonyl (C=O) groups excluding carboxylic acids is 6. The molecule has 0 bridgehead atoms. The number of phenolic OH excluding ortho intramolecular Hbond substituents is 1. The second kappa shape index (κ2) is 19.5. The molecule has 6 amide bonds. The van der Waals surface area contributed by atoms with Crippen molar-refractivity contribution in [1.82, 2.24) is 53.2 Å². The molecule has 13 N–H and O–H groups in total. The highest BCUT2D eigenvalue weighted by molar-refractivity contribution is 5.87. The number of rotatable bonds is 17. The van der Waals surface area contributed by atoms with Gasteiger partial charge < -0.3 is 64.0 Å². The first kappa shape index (κ1) is 41.8. The zero-order valence-corrected chi connectivity index (χ0v) is 31.9. The summed E-state index contributed by atoms with van der Waals surface area (Å²) < 4.78 is 0. The third-order valence-corrected chi connectivity index (χ3v) is 11.3. The number of aromatic hydroxyl groups is 1. The average molecular weight is 770 g/mol. The molecule has 18 nitrogen and oxygen atoms in total. The summed E-state index contributed by atoms with van der Waals surface area (Å²) in [4.78, 5) is 79.0. The van der Waals surface area contributed by atoms with Crippen LogP contribution in [0.3, 0.4) is 0 Å². The largest absolute Gasteiger partial charge is 0.508 e. The lowest BCUT2D eigenvalue weighted by atomic mass is 9.95. The van der Waals surface area contributed by atoms with Crippen LogP contribution in [0.4, 0.5) is 0 Å². The Hall–Kier alpha value is -4.36. The topological polar surface area (TPSA) is 269 Å². The van der Waals surface area contributed by atoms with Crippen molar-refractivity contribution in [3.63, 3.8) is 0 Å². The number of hydrogen-bond acceptors (Lipinski definition) is 12. The number of benzene rings is 1. The van der Waals surface area contributed by atoms with Crippen LogP contribution in [0, 0.1) is 35.5 Å². The molecule has 5 rings (SSSR count). The molecule has 0 radical (unpaired) electrons. The summed E-state index contributed by atoms with van der Waals surface area (Å²) in [6.07, 6.45) is 0.483. The van der Waals surface area contributed by atoms with Crippen molar-refractivity contribution >= 4 is 35.4 Å². The van der Waals surface area contributed by atoms with Gasteiger partial charge >= 0.3 is 0 Å². The van der Waals surface area contributed by atoms with Gasteiger partial charge in [0.2, 0.25) is 35.4 Å². The fourth-order valence-corrected chi connectivity index (χ4v) is 7.96. The second-order valence-corrected chi connectivity index (χ2v) is 15.7. The first-order chi connectivity index (χ1) is 26.3. The summed E-state index contributed by atoms with van der Waals surface area (Å²) in [6, 6.07) is 4.42. The lowest BCUT2D eigenvalue weighted by molar-refractivity contribution is -0.129. The van der Waals surface area contributed by atoms with Gasteiger partial charge in [0.25, 0.3) is 0 Å². The van der Waals surface area contributed by atoms with E-state index in [0.717, 1.165) is 5.56 Å².